The molecule has 13 heteroatoms. The zero-order valence-corrected chi connectivity index (χ0v) is 40.0. The highest BCUT2D eigenvalue weighted by Gasteiger charge is 2.09. The van der Waals surface area contributed by atoms with Gasteiger partial charge in [-0.05, 0) is 127 Å². The molecule has 12 nitrogen and oxygen atoms in total. The molecule has 1 N–H and O–H groups in total. The first-order chi connectivity index (χ1) is 32.6. The fourth-order valence-corrected chi connectivity index (χ4v) is 5.21. The number of hydrogen-bond acceptors (Lipinski definition) is 10. The monoisotopic (exact) mass is 942 g/mol. The Morgan fingerprint density at radius 3 is 1.12 bits per heavy atom. The molecule has 0 aliphatic rings. The van der Waals surface area contributed by atoms with Gasteiger partial charge < -0.3 is 19.3 Å². The molecule has 67 heavy (non-hydrogen) atoms. The van der Waals surface area contributed by atoms with Crippen LogP contribution >= 0.6 is 11.6 Å². The van der Waals surface area contributed by atoms with Crippen molar-refractivity contribution in [2.75, 3.05) is 13.2 Å². The molecule has 0 aromatic heterocycles. The summed E-state index contributed by atoms with van der Waals surface area (Å²) in [5.74, 6) is 0.384. The Hall–Kier alpha value is -6.37. The average Bonchev–Trinajstić information content (AvgIpc) is 3.31. The predicted molar refractivity (Wildman–Crippen MR) is 274 cm³/mol. The summed E-state index contributed by atoms with van der Waals surface area (Å²) < 4.78 is 14.4. The second-order valence-corrected chi connectivity index (χ2v) is 14.5. The number of aliphatic hydroxyl groups is 1. The molecule has 0 aliphatic carbocycles. The topological polar surface area (TPSA) is 168 Å². The van der Waals surface area contributed by atoms with E-state index < -0.39 is 21.4 Å². The number of nitro benzene ring substituents is 2. The van der Waals surface area contributed by atoms with Crippen molar-refractivity contribution in [1.82, 2.24) is 0 Å². The van der Waals surface area contributed by atoms with Crippen LogP contribution in [0.4, 0.5) is 21.0 Å². The van der Waals surface area contributed by atoms with Crippen molar-refractivity contribution in [2.45, 2.75) is 117 Å². The predicted octanol–water partition coefficient (Wildman–Crippen LogP) is 16.3. The lowest BCUT2D eigenvalue weighted by atomic mass is 10.2. The number of hydrogen-bond donors (Lipinski definition) is 1. The van der Waals surface area contributed by atoms with Crippen LogP contribution in [0.1, 0.15) is 117 Å². The molecule has 0 amide bonds. The molecule has 0 unspecified atom stereocenters. The van der Waals surface area contributed by atoms with Crippen LogP contribution in [-0.4, -0.2) is 39.8 Å². The van der Waals surface area contributed by atoms with Gasteiger partial charge in [0.05, 0.1) is 16.5 Å². The third kappa shape index (κ3) is 42.0. The van der Waals surface area contributed by atoms with Crippen LogP contribution < -0.4 is 9.47 Å². The van der Waals surface area contributed by atoms with E-state index in [-0.39, 0.29) is 29.5 Å². The number of nitrogens with zero attached hydrogens (tertiary/aromatic N) is 2. The third-order valence-electron chi connectivity index (χ3n) is 8.57. The number of halogens is 1. The van der Waals surface area contributed by atoms with Crippen LogP contribution in [0.25, 0.3) is 0 Å². The van der Waals surface area contributed by atoms with Gasteiger partial charge in [0, 0.05) is 42.5 Å². The lowest BCUT2D eigenvalue weighted by molar-refractivity contribution is -0.385. The van der Waals surface area contributed by atoms with Crippen LogP contribution in [-0.2, 0) is 4.74 Å². The van der Waals surface area contributed by atoms with E-state index in [1.165, 1.54) is 48.5 Å². The van der Waals surface area contributed by atoms with Crippen LogP contribution in [0.2, 0.25) is 0 Å². The first-order valence-corrected chi connectivity index (χ1v) is 23.3. The number of carbonyl (C=O) groups is 2. The molecule has 0 radical (unpaired) electrons. The molecular weight excluding hydrogens is 872 g/mol. The van der Waals surface area contributed by atoms with Crippen LogP contribution in [0.15, 0.2) is 170 Å². The number of unbranched alkanes of at least 4 members (excludes halogenated alkanes) is 4. The van der Waals surface area contributed by atoms with Crippen molar-refractivity contribution < 1.29 is 38.8 Å². The van der Waals surface area contributed by atoms with E-state index in [4.69, 9.17) is 26.2 Å². The van der Waals surface area contributed by atoms with Crippen LogP contribution in [0, 0.1) is 20.2 Å². The first-order valence-electron chi connectivity index (χ1n) is 23.0. The number of carbonyl (C=O) groups excluding carboxylic acids is 2. The van der Waals surface area contributed by atoms with E-state index in [2.05, 4.69) is 140 Å². The molecule has 0 aliphatic heterocycles. The van der Waals surface area contributed by atoms with E-state index in [9.17, 15) is 29.8 Å². The summed E-state index contributed by atoms with van der Waals surface area (Å²) in [6.45, 7) is 4.88. The zero-order chi connectivity index (χ0) is 49.3. The summed E-state index contributed by atoms with van der Waals surface area (Å²) >= 11 is 4.92. The lowest BCUT2D eigenvalue weighted by Crippen LogP contribution is -2.11. The van der Waals surface area contributed by atoms with Crippen molar-refractivity contribution >= 4 is 34.6 Å². The second kappa shape index (κ2) is 46.2. The maximum absolute atomic E-state index is 11.6. The van der Waals surface area contributed by atoms with E-state index >= 15 is 0 Å². The number of non-ortho nitro benzene ring substituents is 2. The molecule has 0 atom stereocenters. The summed E-state index contributed by atoms with van der Waals surface area (Å²) in [5, 5.41) is 29.4. The molecule has 0 saturated heterocycles. The Morgan fingerprint density at radius 1 is 0.493 bits per heavy atom. The molecule has 0 spiro atoms. The first kappa shape index (κ1) is 60.6. The molecule has 0 heterocycles. The van der Waals surface area contributed by atoms with Crippen molar-refractivity contribution in [1.29, 1.82) is 0 Å². The Balaban J connectivity index is 0.00000109. The highest BCUT2D eigenvalue weighted by Crippen LogP contribution is 2.19. The summed E-state index contributed by atoms with van der Waals surface area (Å²) in [6.07, 6.45) is 58.8. The van der Waals surface area contributed by atoms with Gasteiger partial charge in [-0.25, -0.2) is 9.59 Å². The van der Waals surface area contributed by atoms with Gasteiger partial charge in [-0.3, -0.25) is 20.2 Å². The van der Waals surface area contributed by atoms with Crippen molar-refractivity contribution in [3.05, 3.63) is 190 Å². The normalized spacial score (nSPS) is 11.8. The average molecular weight is 944 g/mol. The summed E-state index contributed by atoms with van der Waals surface area (Å²) in [5.41, 5.74) is -1.12. The van der Waals surface area contributed by atoms with Crippen molar-refractivity contribution in [3.63, 3.8) is 0 Å². The van der Waals surface area contributed by atoms with Crippen molar-refractivity contribution in [3.8, 4) is 11.5 Å². The van der Waals surface area contributed by atoms with E-state index in [0.29, 0.717) is 6.61 Å². The number of nitro groups is 2. The Kier molecular flexibility index (Phi) is 41.8. The Morgan fingerprint density at radius 2 is 0.806 bits per heavy atom. The summed E-state index contributed by atoms with van der Waals surface area (Å²) in [7, 11) is 0. The van der Waals surface area contributed by atoms with Gasteiger partial charge in [-0.2, -0.15) is 0 Å². The fourth-order valence-electron chi connectivity index (χ4n) is 5.12. The van der Waals surface area contributed by atoms with Crippen LogP contribution in [0.5, 0.6) is 11.5 Å². The third-order valence-corrected chi connectivity index (χ3v) is 8.65. The summed E-state index contributed by atoms with van der Waals surface area (Å²) in [6, 6.07) is 10.3. The van der Waals surface area contributed by atoms with Gasteiger partial charge in [-0.15, -0.1) is 0 Å². The van der Waals surface area contributed by atoms with E-state index in [1.807, 2.05) is 0 Å². The number of ether oxygens (including phenoxy) is 3. The van der Waals surface area contributed by atoms with Gasteiger partial charge >= 0.3 is 11.6 Å². The molecule has 2 rings (SSSR count). The van der Waals surface area contributed by atoms with Crippen molar-refractivity contribution in [2.24, 2.45) is 0 Å². The number of allylic oxidation sites excluding steroid dienone is 20. The van der Waals surface area contributed by atoms with Gasteiger partial charge in [-0.1, -0.05) is 135 Å². The standard InChI is InChI=1S/C27H35NO5.C20H32O.C7H4ClNO4/c1-2-3-4-5-6-7-8-9-10-11-12-13-14-15-16-17-18-19-24-32-27(29)33-26-22-20-25(21-23-26)28(30)31;1-2-3-4-5-6-7-8-9-10-11-12-13-14-15-16-17-18-19-20-21;8-7(10)13-6-3-1-5(2-4-6)9(11)12/h3-4,6-7,9-10,12-13,15-16,20-23H,2,5,8,11,14,17-19,24H2,1H3;3-4,6-7,9-10,12-13,15-16,21H,2,5,8,11,14,17-20H2,1H3;1-4H/b2*4-3-,7-6-,10-9-,13-12-,16-15-;. The molecule has 0 bridgehead atoms. The minimum absolute atomic E-state index is 0.0641. The fraction of sp³-hybridized carbons (Fsp3) is 0.370. The molecule has 0 fully saturated rings. The highest BCUT2D eigenvalue weighted by molar-refractivity contribution is 6.61. The Bertz CT molecular complexity index is 1910. The zero-order valence-electron chi connectivity index (χ0n) is 39.3. The SMILES string of the molecule is CC/C=C\C/C=C\C/C=C\C/C=C\C/C=C\CCCCO.CC/C=C\C/C=C\C/C=C\C/C=C\C/C=C\CCCCOC(=O)Oc1ccc([N+](=O)[O-])cc1.O=C(Cl)Oc1ccc([N+](=O)[O-])cc1. The largest absolute Gasteiger partial charge is 0.513 e. The molecule has 364 valence electrons. The minimum Gasteiger partial charge on any atom is -0.434 e. The van der Waals surface area contributed by atoms with Gasteiger partial charge in [0.1, 0.15) is 11.5 Å². The molecule has 2 aromatic carbocycles. The maximum Gasteiger partial charge on any atom is 0.513 e. The highest BCUT2D eigenvalue weighted by atomic mass is 35.5. The van der Waals surface area contributed by atoms with Gasteiger partial charge in [0.2, 0.25) is 0 Å². The number of aliphatic hydroxyl groups excluding tert-OH is 1. The second-order valence-electron chi connectivity index (χ2n) is 14.2. The molecule has 0 saturated carbocycles. The van der Waals surface area contributed by atoms with Gasteiger partial charge in [0.25, 0.3) is 11.4 Å². The quantitative estimate of drug-likeness (QED) is 0.0146. The molecular formula is C54H71ClN2O10. The summed E-state index contributed by atoms with van der Waals surface area (Å²) in [4.78, 5) is 41.6. The minimum atomic E-state index is -0.978. The maximum atomic E-state index is 11.6. The van der Waals surface area contributed by atoms with Gasteiger partial charge in [0.15, 0.2) is 0 Å². The number of benzene rings is 2. The number of rotatable bonds is 31. The smallest absolute Gasteiger partial charge is 0.434 e. The Labute approximate surface area is 403 Å². The molecule has 2 aromatic rings. The van der Waals surface area contributed by atoms with Crippen LogP contribution in [0.3, 0.4) is 0 Å². The van der Waals surface area contributed by atoms with E-state index in [1.54, 1.807) is 0 Å². The van der Waals surface area contributed by atoms with E-state index in [0.717, 1.165) is 103 Å². The lowest BCUT2D eigenvalue weighted by Gasteiger charge is -2.05.